The smallest absolute Gasteiger partial charge is 0.311 e. The number of carbonyl (C=O) groups is 1. The molecular weight excluding hydrogens is 144 g/mol. The molecular formula is C8H16O3. The molecule has 0 aliphatic carbocycles. The minimum absolute atomic E-state index is 0.0449. The van der Waals surface area contributed by atoms with E-state index in [-0.39, 0.29) is 18.7 Å². The number of esters is 1. The van der Waals surface area contributed by atoms with E-state index in [2.05, 4.69) is 0 Å². The number of aliphatic hydroxyl groups is 1. The first-order chi connectivity index (χ1) is 5.11. The number of hydrogen-bond acceptors (Lipinski definition) is 3. The van der Waals surface area contributed by atoms with Crippen LogP contribution in [-0.2, 0) is 9.53 Å². The highest BCUT2D eigenvalue weighted by atomic mass is 16.5. The Kier molecular flexibility index (Phi) is 4.86. The van der Waals surface area contributed by atoms with E-state index in [1.807, 2.05) is 13.8 Å². The maximum absolute atomic E-state index is 11.0. The minimum atomic E-state index is -0.399. The van der Waals surface area contributed by atoms with Crippen molar-refractivity contribution in [2.45, 2.75) is 33.3 Å². The molecule has 0 fully saturated rings. The van der Waals surface area contributed by atoms with E-state index in [9.17, 15) is 4.79 Å². The average Bonchev–Trinajstić information content (AvgIpc) is 2.02. The topological polar surface area (TPSA) is 46.5 Å². The Labute approximate surface area is 67.4 Å². The highest BCUT2D eigenvalue weighted by Gasteiger charge is 2.14. The largest absolute Gasteiger partial charge is 0.462 e. The Hall–Kier alpha value is -0.570. The summed E-state index contributed by atoms with van der Waals surface area (Å²) in [6, 6.07) is 0. The summed E-state index contributed by atoms with van der Waals surface area (Å²) in [4.78, 5) is 11.0. The van der Waals surface area contributed by atoms with Crippen molar-refractivity contribution in [3.8, 4) is 0 Å². The lowest BCUT2D eigenvalue weighted by atomic mass is 10.2. The van der Waals surface area contributed by atoms with Crippen LogP contribution in [0, 0.1) is 5.92 Å². The van der Waals surface area contributed by atoms with E-state index in [0.717, 1.165) is 6.42 Å². The number of ether oxygens (including phenoxy) is 1. The molecule has 3 nitrogen and oxygen atoms in total. The van der Waals surface area contributed by atoms with Gasteiger partial charge in [0.1, 0.15) is 0 Å². The summed E-state index contributed by atoms with van der Waals surface area (Å²) in [5, 5.41) is 8.59. The van der Waals surface area contributed by atoms with Gasteiger partial charge in [-0.3, -0.25) is 4.79 Å². The van der Waals surface area contributed by atoms with Crippen LogP contribution in [0.25, 0.3) is 0 Å². The van der Waals surface area contributed by atoms with E-state index in [4.69, 9.17) is 9.84 Å². The molecule has 0 rings (SSSR count). The lowest BCUT2D eigenvalue weighted by Crippen LogP contribution is -2.22. The second kappa shape index (κ2) is 5.13. The molecule has 0 aliphatic heterocycles. The van der Waals surface area contributed by atoms with Crippen molar-refractivity contribution in [1.82, 2.24) is 0 Å². The molecule has 0 radical (unpaired) electrons. The fraction of sp³-hybridized carbons (Fsp3) is 0.875. The Morgan fingerprint density at radius 3 is 2.45 bits per heavy atom. The van der Waals surface area contributed by atoms with E-state index in [1.165, 1.54) is 0 Å². The van der Waals surface area contributed by atoms with Crippen molar-refractivity contribution in [2.24, 2.45) is 5.92 Å². The molecule has 0 aliphatic rings. The van der Waals surface area contributed by atoms with Gasteiger partial charge < -0.3 is 9.84 Å². The van der Waals surface area contributed by atoms with Gasteiger partial charge in [0.2, 0.25) is 0 Å². The molecule has 0 aromatic rings. The molecule has 0 aromatic heterocycles. The summed E-state index contributed by atoms with van der Waals surface area (Å²) >= 11 is 0. The van der Waals surface area contributed by atoms with Crippen molar-refractivity contribution in [1.29, 1.82) is 0 Å². The maximum Gasteiger partial charge on any atom is 0.311 e. The monoisotopic (exact) mass is 160 g/mol. The number of hydrogen-bond donors (Lipinski definition) is 1. The van der Waals surface area contributed by atoms with Crippen LogP contribution in [0.4, 0.5) is 0 Å². The van der Waals surface area contributed by atoms with Crippen LogP contribution in [0.3, 0.4) is 0 Å². The second-order valence-corrected chi connectivity index (χ2v) is 2.74. The molecule has 1 N–H and O–H groups in total. The van der Waals surface area contributed by atoms with E-state index >= 15 is 0 Å². The fourth-order valence-electron chi connectivity index (χ4n) is 0.472. The van der Waals surface area contributed by atoms with Gasteiger partial charge in [-0.2, -0.15) is 0 Å². The highest BCUT2D eigenvalue weighted by molar-refractivity contribution is 5.72. The first-order valence-electron chi connectivity index (χ1n) is 3.93. The van der Waals surface area contributed by atoms with Gasteiger partial charge in [0.25, 0.3) is 0 Å². The molecule has 0 saturated carbocycles. The van der Waals surface area contributed by atoms with Crippen LogP contribution in [0.1, 0.15) is 27.2 Å². The molecule has 0 bridgehead atoms. The summed E-state index contributed by atoms with van der Waals surface area (Å²) in [7, 11) is 0. The standard InChI is InChI=1S/C8H16O3/c1-4-7(3)11-8(10)6(2)5-9/h6-7,9H,4-5H2,1-3H3. The van der Waals surface area contributed by atoms with Crippen LogP contribution < -0.4 is 0 Å². The zero-order valence-corrected chi connectivity index (χ0v) is 7.33. The summed E-state index contributed by atoms with van der Waals surface area (Å²) in [6.45, 7) is 5.28. The van der Waals surface area contributed by atoms with Gasteiger partial charge in [-0.25, -0.2) is 0 Å². The Morgan fingerprint density at radius 1 is 1.55 bits per heavy atom. The van der Waals surface area contributed by atoms with Gasteiger partial charge >= 0.3 is 5.97 Å². The normalized spacial score (nSPS) is 15.6. The molecule has 0 heterocycles. The first kappa shape index (κ1) is 10.4. The molecule has 0 saturated heterocycles. The van der Waals surface area contributed by atoms with Crippen LogP contribution in [-0.4, -0.2) is 23.8 Å². The Morgan fingerprint density at radius 2 is 2.09 bits per heavy atom. The van der Waals surface area contributed by atoms with E-state index in [0.29, 0.717) is 0 Å². The molecule has 0 spiro atoms. The molecule has 0 aromatic carbocycles. The van der Waals surface area contributed by atoms with Crippen LogP contribution in [0.2, 0.25) is 0 Å². The van der Waals surface area contributed by atoms with Gasteiger partial charge in [-0.05, 0) is 20.3 Å². The zero-order valence-electron chi connectivity index (χ0n) is 7.33. The van der Waals surface area contributed by atoms with Crippen LogP contribution in [0.15, 0.2) is 0 Å². The van der Waals surface area contributed by atoms with Crippen molar-refractivity contribution in [3.05, 3.63) is 0 Å². The quantitative estimate of drug-likeness (QED) is 0.623. The second-order valence-electron chi connectivity index (χ2n) is 2.74. The summed E-state index contributed by atoms with van der Waals surface area (Å²) in [5.74, 6) is -0.717. The molecule has 2 atom stereocenters. The van der Waals surface area contributed by atoms with Gasteiger partial charge in [0, 0.05) is 0 Å². The van der Waals surface area contributed by atoms with Gasteiger partial charge in [0.15, 0.2) is 0 Å². The molecule has 2 unspecified atom stereocenters. The lowest BCUT2D eigenvalue weighted by molar-refractivity contribution is -0.153. The molecule has 3 heteroatoms. The minimum Gasteiger partial charge on any atom is -0.462 e. The zero-order chi connectivity index (χ0) is 8.85. The fourth-order valence-corrected chi connectivity index (χ4v) is 0.472. The SMILES string of the molecule is CCC(C)OC(=O)C(C)CO. The number of aliphatic hydroxyl groups excluding tert-OH is 1. The third kappa shape index (κ3) is 3.98. The highest BCUT2D eigenvalue weighted by Crippen LogP contribution is 2.02. The summed E-state index contributed by atoms with van der Waals surface area (Å²) in [6.07, 6.45) is 0.765. The van der Waals surface area contributed by atoms with E-state index in [1.54, 1.807) is 6.92 Å². The first-order valence-corrected chi connectivity index (χ1v) is 3.93. The average molecular weight is 160 g/mol. The van der Waals surface area contributed by atoms with Crippen molar-refractivity contribution >= 4 is 5.97 Å². The van der Waals surface area contributed by atoms with Crippen molar-refractivity contribution in [2.75, 3.05) is 6.61 Å². The summed E-state index contributed by atoms with van der Waals surface area (Å²) < 4.78 is 4.95. The van der Waals surface area contributed by atoms with E-state index < -0.39 is 5.92 Å². The molecule has 0 amide bonds. The number of rotatable bonds is 4. The van der Waals surface area contributed by atoms with Gasteiger partial charge in [0.05, 0.1) is 18.6 Å². The predicted molar refractivity (Wildman–Crippen MR) is 42.1 cm³/mol. The third-order valence-corrected chi connectivity index (χ3v) is 1.57. The van der Waals surface area contributed by atoms with Crippen LogP contribution >= 0.6 is 0 Å². The lowest BCUT2D eigenvalue weighted by Gasteiger charge is -2.13. The maximum atomic E-state index is 11.0. The third-order valence-electron chi connectivity index (χ3n) is 1.57. The predicted octanol–water partition coefficient (Wildman–Crippen LogP) is 0.956. The number of carbonyl (C=O) groups excluding carboxylic acids is 1. The van der Waals surface area contributed by atoms with Gasteiger partial charge in [-0.15, -0.1) is 0 Å². The molecule has 66 valence electrons. The van der Waals surface area contributed by atoms with Crippen molar-refractivity contribution in [3.63, 3.8) is 0 Å². The van der Waals surface area contributed by atoms with Crippen molar-refractivity contribution < 1.29 is 14.6 Å². The van der Waals surface area contributed by atoms with Gasteiger partial charge in [-0.1, -0.05) is 6.92 Å². The summed E-state index contributed by atoms with van der Waals surface area (Å²) in [5.41, 5.74) is 0. The Bertz CT molecular complexity index is 123. The Balaban J connectivity index is 3.68. The molecule has 11 heavy (non-hydrogen) atoms. The van der Waals surface area contributed by atoms with Crippen LogP contribution in [0.5, 0.6) is 0 Å².